The highest BCUT2D eigenvalue weighted by Crippen LogP contribution is 2.19. The number of nitrogens with zero attached hydrogens (tertiary/aromatic N) is 1. The van der Waals surface area contributed by atoms with Gasteiger partial charge in [-0.25, -0.2) is 17.2 Å². The third kappa shape index (κ3) is 2.90. The third-order valence-electron chi connectivity index (χ3n) is 2.76. The van der Waals surface area contributed by atoms with E-state index in [9.17, 15) is 22.0 Å². The largest absolute Gasteiger partial charge is 0.355 e. The number of amides is 1. The molecule has 0 aliphatic carbocycles. The van der Waals surface area contributed by atoms with Crippen LogP contribution in [0.5, 0.6) is 0 Å². The summed E-state index contributed by atoms with van der Waals surface area (Å²) in [6.45, 7) is 0.226. The summed E-state index contributed by atoms with van der Waals surface area (Å²) < 4.78 is 51.3. The van der Waals surface area contributed by atoms with Crippen LogP contribution in [-0.4, -0.2) is 38.3 Å². The molecule has 1 aromatic carbocycles. The first-order valence-electron chi connectivity index (χ1n) is 5.63. The van der Waals surface area contributed by atoms with E-state index < -0.39 is 27.6 Å². The van der Waals surface area contributed by atoms with Gasteiger partial charge in [0.15, 0.2) is 11.6 Å². The molecule has 0 saturated carbocycles. The second kappa shape index (κ2) is 5.22. The molecule has 1 aromatic rings. The first-order chi connectivity index (χ1) is 8.91. The predicted octanol–water partition coefficient (Wildman–Crippen LogP) is 0.475. The van der Waals surface area contributed by atoms with Crippen molar-refractivity contribution in [2.45, 2.75) is 11.3 Å². The van der Waals surface area contributed by atoms with Gasteiger partial charge in [0.25, 0.3) is 0 Å². The van der Waals surface area contributed by atoms with Gasteiger partial charge in [-0.15, -0.1) is 0 Å². The minimum Gasteiger partial charge on any atom is -0.355 e. The van der Waals surface area contributed by atoms with Gasteiger partial charge in [0.05, 0.1) is 11.4 Å². The highest BCUT2D eigenvalue weighted by Gasteiger charge is 2.28. The first kappa shape index (κ1) is 13.9. The predicted molar refractivity (Wildman–Crippen MR) is 62.7 cm³/mol. The molecular weight excluding hydrogens is 278 g/mol. The Bertz CT molecular complexity index is 604. The molecule has 5 nitrogen and oxygen atoms in total. The zero-order valence-electron chi connectivity index (χ0n) is 9.90. The number of carbonyl (C=O) groups is 1. The number of nitrogens with one attached hydrogen (secondary N) is 1. The Morgan fingerprint density at radius 1 is 1.21 bits per heavy atom. The molecular formula is C11H12F2N2O3S. The van der Waals surface area contributed by atoms with Crippen molar-refractivity contribution in [3.05, 3.63) is 29.8 Å². The Labute approximate surface area is 109 Å². The van der Waals surface area contributed by atoms with Crippen LogP contribution in [0.2, 0.25) is 0 Å². The SMILES string of the molecule is O=C1CN(S(=O)(=O)c2ccc(F)c(F)c2)CCCN1. The van der Waals surface area contributed by atoms with Crippen LogP contribution in [0, 0.1) is 11.6 Å². The number of hydrogen-bond donors (Lipinski definition) is 1. The Morgan fingerprint density at radius 3 is 2.63 bits per heavy atom. The molecule has 0 bridgehead atoms. The van der Waals surface area contributed by atoms with E-state index in [1.807, 2.05) is 0 Å². The number of halogens is 2. The minimum atomic E-state index is -3.99. The molecule has 0 aromatic heterocycles. The monoisotopic (exact) mass is 290 g/mol. The van der Waals surface area contributed by atoms with Crippen LogP contribution in [0.25, 0.3) is 0 Å². The molecule has 0 spiro atoms. The van der Waals surface area contributed by atoms with Crippen molar-refractivity contribution in [2.75, 3.05) is 19.6 Å². The number of carbonyl (C=O) groups excluding carboxylic acids is 1. The van der Waals surface area contributed by atoms with Gasteiger partial charge in [-0.2, -0.15) is 4.31 Å². The normalized spacial score (nSPS) is 17.9. The minimum absolute atomic E-state index is 0.153. The van der Waals surface area contributed by atoms with Crippen molar-refractivity contribution in [1.29, 1.82) is 0 Å². The van der Waals surface area contributed by atoms with Crippen molar-refractivity contribution < 1.29 is 22.0 Å². The van der Waals surface area contributed by atoms with E-state index in [2.05, 4.69) is 5.32 Å². The van der Waals surface area contributed by atoms with Crippen LogP contribution >= 0.6 is 0 Å². The summed E-state index contributed by atoms with van der Waals surface area (Å²) >= 11 is 0. The highest BCUT2D eigenvalue weighted by atomic mass is 32.2. The smallest absolute Gasteiger partial charge is 0.243 e. The Balaban J connectivity index is 2.35. The van der Waals surface area contributed by atoms with Crippen molar-refractivity contribution in [3.8, 4) is 0 Å². The van der Waals surface area contributed by atoms with Gasteiger partial charge in [0, 0.05) is 13.1 Å². The summed E-state index contributed by atoms with van der Waals surface area (Å²) in [5.41, 5.74) is 0. The van der Waals surface area contributed by atoms with Gasteiger partial charge in [-0.1, -0.05) is 0 Å². The second-order valence-corrected chi connectivity index (χ2v) is 6.06. The lowest BCUT2D eigenvalue weighted by Gasteiger charge is -2.18. The first-order valence-corrected chi connectivity index (χ1v) is 7.07. The molecule has 1 aliphatic heterocycles. The number of sulfonamides is 1. The van der Waals surface area contributed by atoms with Crippen LogP contribution in [0.4, 0.5) is 8.78 Å². The van der Waals surface area contributed by atoms with E-state index in [1.54, 1.807) is 0 Å². The molecule has 0 atom stereocenters. The van der Waals surface area contributed by atoms with Crippen molar-refractivity contribution in [3.63, 3.8) is 0 Å². The molecule has 8 heteroatoms. The molecule has 1 saturated heterocycles. The summed E-state index contributed by atoms with van der Waals surface area (Å²) in [5, 5.41) is 2.54. The van der Waals surface area contributed by atoms with E-state index in [0.29, 0.717) is 19.0 Å². The third-order valence-corrected chi connectivity index (χ3v) is 4.60. The molecule has 2 rings (SSSR count). The fraction of sp³-hybridized carbons (Fsp3) is 0.364. The van der Waals surface area contributed by atoms with Crippen molar-refractivity contribution >= 4 is 15.9 Å². The van der Waals surface area contributed by atoms with E-state index in [0.717, 1.165) is 16.4 Å². The van der Waals surface area contributed by atoms with Crippen LogP contribution in [0.15, 0.2) is 23.1 Å². The van der Waals surface area contributed by atoms with Crippen molar-refractivity contribution in [1.82, 2.24) is 9.62 Å². The molecule has 104 valence electrons. The Hall–Kier alpha value is -1.54. The Morgan fingerprint density at radius 2 is 1.95 bits per heavy atom. The van der Waals surface area contributed by atoms with E-state index in [1.165, 1.54) is 0 Å². The van der Waals surface area contributed by atoms with Gasteiger partial charge in [0.2, 0.25) is 15.9 Å². The summed E-state index contributed by atoms with van der Waals surface area (Å²) in [6.07, 6.45) is 0.467. The summed E-state index contributed by atoms with van der Waals surface area (Å²) in [7, 11) is -3.99. The zero-order chi connectivity index (χ0) is 14.0. The van der Waals surface area contributed by atoms with Gasteiger partial charge >= 0.3 is 0 Å². The number of hydrogen-bond acceptors (Lipinski definition) is 3. The van der Waals surface area contributed by atoms with E-state index in [4.69, 9.17) is 0 Å². The van der Waals surface area contributed by atoms with Crippen LogP contribution in [0.3, 0.4) is 0 Å². The van der Waals surface area contributed by atoms with Crippen LogP contribution in [-0.2, 0) is 14.8 Å². The van der Waals surface area contributed by atoms with Crippen LogP contribution in [0.1, 0.15) is 6.42 Å². The van der Waals surface area contributed by atoms with Gasteiger partial charge in [-0.3, -0.25) is 4.79 Å². The maximum Gasteiger partial charge on any atom is 0.243 e. The average molecular weight is 290 g/mol. The molecule has 0 unspecified atom stereocenters. The topological polar surface area (TPSA) is 66.5 Å². The maximum absolute atomic E-state index is 13.1. The maximum atomic E-state index is 13.1. The molecule has 1 N–H and O–H groups in total. The second-order valence-electron chi connectivity index (χ2n) is 4.12. The summed E-state index contributed by atoms with van der Waals surface area (Å²) in [5.74, 6) is -2.77. The molecule has 1 aliphatic rings. The standard InChI is InChI=1S/C11H12F2N2O3S/c12-9-3-2-8(6-10(9)13)19(17,18)15-5-1-4-14-11(16)7-15/h2-3,6H,1,4-5,7H2,(H,14,16). The molecule has 1 amide bonds. The quantitative estimate of drug-likeness (QED) is 0.861. The van der Waals surface area contributed by atoms with Gasteiger partial charge < -0.3 is 5.32 Å². The lowest BCUT2D eigenvalue weighted by Crippen LogP contribution is -2.37. The van der Waals surface area contributed by atoms with Gasteiger partial charge in [0.1, 0.15) is 0 Å². The van der Waals surface area contributed by atoms with E-state index in [-0.39, 0.29) is 18.0 Å². The lowest BCUT2D eigenvalue weighted by atomic mass is 10.3. The molecule has 19 heavy (non-hydrogen) atoms. The Kier molecular flexibility index (Phi) is 3.81. The van der Waals surface area contributed by atoms with Crippen LogP contribution < -0.4 is 5.32 Å². The average Bonchev–Trinajstić information content (AvgIpc) is 2.57. The fourth-order valence-electron chi connectivity index (χ4n) is 1.77. The lowest BCUT2D eigenvalue weighted by molar-refractivity contribution is -0.120. The number of rotatable bonds is 2. The molecule has 1 heterocycles. The zero-order valence-corrected chi connectivity index (χ0v) is 10.7. The summed E-state index contributed by atoms with van der Waals surface area (Å²) in [6, 6.07) is 2.35. The fourth-order valence-corrected chi connectivity index (χ4v) is 3.22. The van der Waals surface area contributed by atoms with Crippen molar-refractivity contribution in [2.24, 2.45) is 0 Å². The number of benzene rings is 1. The summed E-state index contributed by atoms with van der Waals surface area (Å²) in [4.78, 5) is 11.0. The molecule has 0 radical (unpaired) electrons. The highest BCUT2D eigenvalue weighted by molar-refractivity contribution is 7.89. The van der Waals surface area contributed by atoms with Gasteiger partial charge in [-0.05, 0) is 24.6 Å². The molecule has 1 fully saturated rings. The van der Waals surface area contributed by atoms with E-state index >= 15 is 0 Å².